The number of nitrogens with zero attached hydrogens (tertiary/aromatic N) is 1. The van der Waals surface area contributed by atoms with E-state index in [0.29, 0.717) is 37.1 Å². The summed E-state index contributed by atoms with van der Waals surface area (Å²) >= 11 is 0. The number of carbonyl (C=O) groups is 2. The molecule has 3 rings (SSSR count). The lowest BCUT2D eigenvalue weighted by molar-refractivity contribution is -0.116. The number of esters is 1. The number of aryl methyl sites for hydroxylation is 1. The van der Waals surface area contributed by atoms with Crippen molar-refractivity contribution in [2.75, 3.05) is 30.1 Å². The van der Waals surface area contributed by atoms with Crippen molar-refractivity contribution >= 4 is 27.4 Å². The summed E-state index contributed by atoms with van der Waals surface area (Å²) in [7, 11) is -2.17. The topological polar surface area (TPSA) is 80.8 Å². The highest BCUT2D eigenvalue weighted by Crippen LogP contribution is 2.29. The van der Waals surface area contributed by atoms with Gasteiger partial charge in [0.1, 0.15) is 5.75 Å². The van der Waals surface area contributed by atoms with E-state index in [-0.39, 0.29) is 5.75 Å². The number of hydrogen-bond donors (Lipinski definition) is 0. The molecule has 0 saturated heterocycles. The van der Waals surface area contributed by atoms with Crippen LogP contribution in [0.4, 0.5) is 5.69 Å². The van der Waals surface area contributed by atoms with E-state index in [1.54, 1.807) is 18.2 Å². The van der Waals surface area contributed by atoms with Gasteiger partial charge >= 0.3 is 5.97 Å². The molecule has 0 fully saturated rings. The summed E-state index contributed by atoms with van der Waals surface area (Å²) in [6.07, 6.45) is 1.73. The Kier molecular flexibility index (Phi) is 6.14. The zero-order chi connectivity index (χ0) is 20.1. The molecule has 0 unspecified atom stereocenters. The fourth-order valence-corrected chi connectivity index (χ4v) is 4.65. The number of fused-ring (bicyclic) bond motifs is 1. The van der Waals surface area contributed by atoms with Crippen LogP contribution in [0.25, 0.3) is 0 Å². The van der Waals surface area contributed by atoms with Gasteiger partial charge in [0, 0.05) is 12.2 Å². The van der Waals surface area contributed by atoms with Crippen molar-refractivity contribution in [3.05, 3.63) is 65.2 Å². The normalized spacial score (nSPS) is 13.2. The maximum Gasteiger partial charge on any atom is 0.337 e. The molecule has 1 heterocycles. The van der Waals surface area contributed by atoms with Crippen molar-refractivity contribution in [3.63, 3.8) is 0 Å². The smallest absolute Gasteiger partial charge is 0.337 e. The van der Waals surface area contributed by atoms with E-state index in [0.717, 1.165) is 11.1 Å². The average molecular weight is 401 g/mol. The highest BCUT2D eigenvalue weighted by atomic mass is 32.2. The third-order valence-electron chi connectivity index (χ3n) is 4.80. The first kappa shape index (κ1) is 20.1. The quantitative estimate of drug-likeness (QED) is 0.666. The monoisotopic (exact) mass is 401 g/mol. The summed E-state index contributed by atoms with van der Waals surface area (Å²) in [5, 5.41) is 0. The van der Waals surface area contributed by atoms with E-state index >= 15 is 0 Å². The number of hydrogen-bond acceptors (Lipinski definition) is 5. The standard InChI is InChI=1S/C21H23NO5S/c1-27-21(24)18-9-10-19-17(14-18)11-12-22(19)20(23)15-28(25,26)13-5-8-16-6-3-2-4-7-16/h2-4,6-7,9-10,14H,5,8,11-13,15H2,1H3. The van der Waals surface area contributed by atoms with E-state index in [1.165, 1.54) is 12.0 Å². The summed E-state index contributed by atoms with van der Waals surface area (Å²) in [5.41, 5.74) is 3.01. The maximum absolute atomic E-state index is 12.6. The molecule has 0 aromatic heterocycles. The van der Waals surface area contributed by atoms with E-state index in [9.17, 15) is 18.0 Å². The van der Waals surface area contributed by atoms with Crippen LogP contribution in [0.15, 0.2) is 48.5 Å². The number of sulfone groups is 1. The van der Waals surface area contributed by atoms with Crippen molar-refractivity contribution in [2.45, 2.75) is 19.3 Å². The fraction of sp³-hybridized carbons (Fsp3) is 0.333. The summed E-state index contributed by atoms with van der Waals surface area (Å²) in [5.74, 6) is -1.38. The number of carbonyl (C=O) groups excluding carboxylic acids is 2. The van der Waals surface area contributed by atoms with Crippen molar-refractivity contribution in [1.29, 1.82) is 0 Å². The number of anilines is 1. The second kappa shape index (κ2) is 8.56. The van der Waals surface area contributed by atoms with Crippen molar-refractivity contribution in [3.8, 4) is 0 Å². The largest absolute Gasteiger partial charge is 0.465 e. The van der Waals surface area contributed by atoms with E-state index < -0.39 is 27.5 Å². The number of rotatable bonds is 7. The second-order valence-corrected chi connectivity index (χ2v) is 9.00. The number of ether oxygens (including phenoxy) is 1. The SMILES string of the molecule is COC(=O)c1ccc2c(c1)CCN2C(=O)CS(=O)(=O)CCCc1ccccc1. The molecule has 2 aromatic carbocycles. The van der Waals surface area contributed by atoms with Crippen LogP contribution in [0.3, 0.4) is 0 Å². The number of benzene rings is 2. The summed E-state index contributed by atoms with van der Waals surface area (Å²) in [6.45, 7) is 0.415. The highest BCUT2D eigenvalue weighted by molar-refractivity contribution is 7.92. The molecule has 7 heteroatoms. The molecule has 6 nitrogen and oxygen atoms in total. The van der Waals surface area contributed by atoms with Gasteiger partial charge in [-0.25, -0.2) is 13.2 Å². The first-order valence-corrected chi connectivity index (χ1v) is 11.0. The Labute approximate surface area is 165 Å². The van der Waals surface area contributed by atoms with Crippen LogP contribution in [0.1, 0.15) is 27.9 Å². The molecule has 0 bridgehead atoms. The predicted molar refractivity (Wildman–Crippen MR) is 107 cm³/mol. The molecule has 0 atom stereocenters. The molecule has 1 amide bonds. The molecular weight excluding hydrogens is 378 g/mol. The van der Waals surface area contributed by atoms with Gasteiger partial charge in [0.2, 0.25) is 5.91 Å². The van der Waals surface area contributed by atoms with Gasteiger partial charge in [-0.2, -0.15) is 0 Å². The molecule has 0 aliphatic carbocycles. The second-order valence-electron chi connectivity index (χ2n) is 6.81. The van der Waals surface area contributed by atoms with Gasteiger partial charge in [0.05, 0.1) is 18.4 Å². The van der Waals surface area contributed by atoms with Gasteiger partial charge in [0.25, 0.3) is 0 Å². The van der Waals surface area contributed by atoms with Gasteiger partial charge in [0.15, 0.2) is 9.84 Å². The molecule has 1 aliphatic heterocycles. The molecule has 28 heavy (non-hydrogen) atoms. The minimum atomic E-state index is -3.48. The van der Waals surface area contributed by atoms with Gasteiger partial charge in [-0.3, -0.25) is 4.79 Å². The van der Waals surface area contributed by atoms with Gasteiger partial charge in [-0.1, -0.05) is 30.3 Å². The summed E-state index contributed by atoms with van der Waals surface area (Å²) in [6, 6.07) is 14.6. The molecule has 0 N–H and O–H groups in total. The average Bonchev–Trinajstić information content (AvgIpc) is 3.11. The van der Waals surface area contributed by atoms with E-state index in [2.05, 4.69) is 0 Å². The van der Waals surface area contributed by atoms with Crippen LogP contribution in [0.5, 0.6) is 0 Å². The van der Waals surface area contributed by atoms with Gasteiger partial charge in [-0.15, -0.1) is 0 Å². The Bertz CT molecular complexity index is 970. The highest BCUT2D eigenvalue weighted by Gasteiger charge is 2.28. The zero-order valence-corrected chi connectivity index (χ0v) is 16.6. The Morgan fingerprint density at radius 1 is 1.11 bits per heavy atom. The molecule has 148 valence electrons. The lowest BCUT2D eigenvalue weighted by atomic mass is 10.1. The Morgan fingerprint density at radius 3 is 2.57 bits per heavy atom. The lowest BCUT2D eigenvalue weighted by Crippen LogP contribution is -2.35. The first-order valence-electron chi connectivity index (χ1n) is 9.15. The minimum Gasteiger partial charge on any atom is -0.465 e. The Morgan fingerprint density at radius 2 is 1.86 bits per heavy atom. The van der Waals surface area contributed by atoms with Crippen molar-refractivity contribution in [2.24, 2.45) is 0 Å². The molecule has 0 spiro atoms. The molecule has 2 aromatic rings. The van der Waals surface area contributed by atoms with Crippen molar-refractivity contribution < 1.29 is 22.7 Å². The van der Waals surface area contributed by atoms with Gasteiger partial charge in [-0.05, 0) is 48.6 Å². The van der Waals surface area contributed by atoms with E-state index in [4.69, 9.17) is 4.74 Å². The van der Waals surface area contributed by atoms with Crippen molar-refractivity contribution in [1.82, 2.24) is 0 Å². The van der Waals surface area contributed by atoms with E-state index in [1.807, 2.05) is 30.3 Å². The van der Waals surface area contributed by atoms with Crippen LogP contribution in [0, 0.1) is 0 Å². The summed E-state index contributed by atoms with van der Waals surface area (Å²) < 4.78 is 29.5. The van der Waals surface area contributed by atoms with Crippen LogP contribution in [-0.2, 0) is 32.2 Å². The molecule has 0 saturated carbocycles. The zero-order valence-electron chi connectivity index (χ0n) is 15.8. The van der Waals surface area contributed by atoms with Gasteiger partial charge < -0.3 is 9.64 Å². The van der Waals surface area contributed by atoms with Crippen LogP contribution < -0.4 is 4.90 Å². The number of amides is 1. The first-order chi connectivity index (χ1) is 13.4. The molecular formula is C21H23NO5S. The Balaban J connectivity index is 1.60. The third kappa shape index (κ3) is 4.78. The van der Waals surface area contributed by atoms with Crippen LogP contribution in [0.2, 0.25) is 0 Å². The fourth-order valence-electron chi connectivity index (χ4n) is 3.38. The lowest BCUT2D eigenvalue weighted by Gasteiger charge is -2.17. The van der Waals surface area contributed by atoms with Crippen LogP contribution >= 0.6 is 0 Å². The Hall–Kier alpha value is -2.67. The molecule has 1 aliphatic rings. The minimum absolute atomic E-state index is 0.0182. The maximum atomic E-state index is 12.6. The molecule has 0 radical (unpaired) electrons. The number of methoxy groups -OCH3 is 1. The third-order valence-corrected chi connectivity index (χ3v) is 6.40. The predicted octanol–water partition coefficient (Wildman–Crippen LogP) is 2.41. The van der Waals surface area contributed by atoms with Crippen LogP contribution in [-0.4, -0.2) is 45.5 Å². The summed E-state index contributed by atoms with van der Waals surface area (Å²) in [4.78, 5) is 25.7.